The lowest BCUT2D eigenvalue weighted by atomic mass is 10.3. The van der Waals surface area contributed by atoms with E-state index in [1.54, 1.807) is 4.68 Å². The minimum Gasteiger partial charge on any atom is -0.302 e. The van der Waals surface area contributed by atoms with Crippen molar-refractivity contribution < 1.29 is 0 Å². The van der Waals surface area contributed by atoms with E-state index in [4.69, 9.17) is 0 Å². The Morgan fingerprint density at radius 3 is 2.62 bits per heavy atom. The van der Waals surface area contributed by atoms with Crippen molar-refractivity contribution in [3.05, 3.63) is 17.1 Å². The summed E-state index contributed by atoms with van der Waals surface area (Å²) in [6.07, 6.45) is 4.87. The highest BCUT2D eigenvalue weighted by Crippen LogP contribution is 2.46. The van der Waals surface area contributed by atoms with E-state index >= 15 is 0 Å². The summed E-state index contributed by atoms with van der Waals surface area (Å²) in [5, 5.41) is 24.2. The topological polar surface area (TPSA) is 72.3 Å². The van der Waals surface area contributed by atoms with Crippen LogP contribution in [0.5, 0.6) is 0 Å². The molecule has 2 aromatic rings. The van der Waals surface area contributed by atoms with Crippen LogP contribution in [-0.4, -0.2) is 24.5 Å². The molecule has 2 aliphatic carbocycles. The van der Waals surface area contributed by atoms with Gasteiger partial charge in [-0.2, -0.15) is 10.4 Å². The van der Waals surface area contributed by atoms with Crippen LogP contribution >= 0.6 is 11.8 Å². The van der Waals surface area contributed by atoms with Crippen molar-refractivity contribution in [2.45, 2.75) is 54.7 Å². The highest BCUT2D eigenvalue weighted by atomic mass is 32.2. The van der Waals surface area contributed by atoms with Crippen molar-refractivity contribution in [1.82, 2.24) is 24.5 Å². The Morgan fingerprint density at radius 2 is 2.00 bits per heavy atom. The Labute approximate surface area is 127 Å². The van der Waals surface area contributed by atoms with Gasteiger partial charge in [0.05, 0.1) is 5.69 Å². The normalized spacial score (nSPS) is 18.0. The molecule has 0 spiro atoms. The van der Waals surface area contributed by atoms with E-state index in [1.807, 2.05) is 14.0 Å². The molecule has 0 atom stereocenters. The second kappa shape index (κ2) is 4.60. The van der Waals surface area contributed by atoms with Crippen LogP contribution in [0.3, 0.4) is 0 Å². The SMILES string of the molecule is Cc1nn(C)c(Sc2nnc(C3CC3)n2C2CC2)c1C#N. The summed E-state index contributed by atoms with van der Waals surface area (Å²) < 4.78 is 4.06. The molecule has 108 valence electrons. The average Bonchev–Trinajstić information content (AvgIpc) is 3.37. The molecular weight excluding hydrogens is 284 g/mol. The van der Waals surface area contributed by atoms with Crippen molar-refractivity contribution in [1.29, 1.82) is 5.26 Å². The molecule has 0 N–H and O–H groups in total. The molecule has 0 aromatic carbocycles. The van der Waals surface area contributed by atoms with E-state index in [0.717, 1.165) is 21.7 Å². The molecule has 2 fully saturated rings. The van der Waals surface area contributed by atoms with Crippen molar-refractivity contribution in [2.24, 2.45) is 7.05 Å². The number of nitrogens with zero attached hydrogens (tertiary/aromatic N) is 6. The number of hydrogen-bond donors (Lipinski definition) is 0. The van der Waals surface area contributed by atoms with E-state index in [9.17, 15) is 5.26 Å². The molecule has 0 unspecified atom stereocenters. The highest BCUT2D eigenvalue weighted by molar-refractivity contribution is 7.99. The standard InChI is InChI=1S/C14H16N6S/c1-8-11(7-15)13(19(2)18-8)21-14-17-16-12(9-3-4-9)20(14)10-5-6-10/h9-10H,3-6H2,1-2H3. The lowest BCUT2D eigenvalue weighted by molar-refractivity contribution is 0.623. The third-order valence-corrected chi connectivity index (χ3v) is 5.14. The number of aryl methyl sites for hydroxylation is 2. The Balaban J connectivity index is 1.73. The average molecular weight is 300 g/mol. The third-order valence-electron chi connectivity index (χ3n) is 4.01. The summed E-state index contributed by atoms with van der Waals surface area (Å²) in [6, 6.07) is 2.80. The minimum absolute atomic E-state index is 0.554. The molecule has 7 heteroatoms. The van der Waals surface area contributed by atoms with E-state index < -0.39 is 0 Å². The van der Waals surface area contributed by atoms with Crippen molar-refractivity contribution >= 4 is 11.8 Å². The maximum Gasteiger partial charge on any atom is 0.197 e. The van der Waals surface area contributed by atoms with Crippen LogP contribution in [0.15, 0.2) is 10.2 Å². The predicted molar refractivity (Wildman–Crippen MR) is 77.1 cm³/mol. The molecular formula is C14H16N6S. The monoisotopic (exact) mass is 300 g/mol. The predicted octanol–water partition coefficient (Wildman–Crippen LogP) is 2.56. The van der Waals surface area contributed by atoms with Crippen LogP contribution in [0.4, 0.5) is 0 Å². The summed E-state index contributed by atoms with van der Waals surface area (Å²) in [7, 11) is 1.87. The molecule has 6 nitrogen and oxygen atoms in total. The Hall–Kier alpha value is -1.81. The zero-order valence-corrected chi connectivity index (χ0v) is 12.9. The van der Waals surface area contributed by atoms with E-state index in [2.05, 4.69) is 25.9 Å². The fourth-order valence-electron chi connectivity index (χ4n) is 2.62. The lowest BCUT2D eigenvalue weighted by Crippen LogP contribution is -2.02. The van der Waals surface area contributed by atoms with Gasteiger partial charge in [0.1, 0.15) is 22.5 Å². The maximum absolute atomic E-state index is 9.33. The number of hydrogen-bond acceptors (Lipinski definition) is 5. The first kappa shape index (κ1) is 12.9. The summed E-state index contributed by atoms with van der Waals surface area (Å²) in [4.78, 5) is 0. The molecule has 2 aliphatic rings. The summed E-state index contributed by atoms with van der Waals surface area (Å²) in [5.41, 5.74) is 1.41. The van der Waals surface area contributed by atoms with Crippen LogP contribution < -0.4 is 0 Å². The van der Waals surface area contributed by atoms with Gasteiger partial charge in [-0.1, -0.05) is 0 Å². The van der Waals surface area contributed by atoms with Crippen LogP contribution in [-0.2, 0) is 7.05 Å². The number of aromatic nitrogens is 5. The van der Waals surface area contributed by atoms with Gasteiger partial charge >= 0.3 is 0 Å². The van der Waals surface area contributed by atoms with Gasteiger partial charge in [-0.15, -0.1) is 10.2 Å². The van der Waals surface area contributed by atoms with Gasteiger partial charge in [-0.3, -0.25) is 4.68 Å². The number of rotatable bonds is 4. The Morgan fingerprint density at radius 1 is 1.24 bits per heavy atom. The first-order valence-corrected chi connectivity index (χ1v) is 8.07. The van der Waals surface area contributed by atoms with Gasteiger partial charge in [-0.25, -0.2) is 0 Å². The van der Waals surface area contributed by atoms with Gasteiger partial charge in [0, 0.05) is 19.0 Å². The van der Waals surface area contributed by atoms with Crippen LogP contribution in [0.2, 0.25) is 0 Å². The van der Waals surface area contributed by atoms with Crippen molar-refractivity contribution in [2.75, 3.05) is 0 Å². The van der Waals surface area contributed by atoms with Gasteiger partial charge in [0.2, 0.25) is 0 Å². The lowest BCUT2D eigenvalue weighted by Gasteiger charge is -2.08. The highest BCUT2D eigenvalue weighted by Gasteiger charge is 2.36. The molecule has 21 heavy (non-hydrogen) atoms. The third kappa shape index (κ3) is 2.14. The molecule has 0 bridgehead atoms. The van der Waals surface area contributed by atoms with E-state index in [0.29, 0.717) is 17.5 Å². The molecule has 2 saturated carbocycles. The molecule has 2 aromatic heterocycles. The van der Waals surface area contributed by atoms with E-state index in [1.165, 1.54) is 37.4 Å². The summed E-state index contributed by atoms with van der Waals surface area (Å²) >= 11 is 1.51. The first-order chi connectivity index (χ1) is 10.2. The minimum atomic E-state index is 0.554. The quantitative estimate of drug-likeness (QED) is 0.867. The van der Waals surface area contributed by atoms with Crippen molar-refractivity contribution in [3.8, 4) is 6.07 Å². The molecule has 4 rings (SSSR count). The maximum atomic E-state index is 9.33. The molecule has 0 saturated heterocycles. The molecule has 0 amide bonds. The Kier molecular flexibility index (Phi) is 2.82. The van der Waals surface area contributed by atoms with Crippen LogP contribution in [0, 0.1) is 18.3 Å². The summed E-state index contributed by atoms with van der Waals surface area (Å²) in [6.45, 7) is 1.86. The molecule has 0 aliphatic heterocycles. The Bertz CT molecular complexity index is 744. The molecule has 2 heterocycles. The van der Waals surface area contributed by atoms with Gasteiger partial charge < -0.3 is 4.57 Å². The fraction of sp³-hybridized carbons (Fsp3) is 0.571. The summed E-state index contributed by atoms with van der Waals surface area (Å²) in [5.74, 6) is 1.73. The van der Waals surface area contributed by atoms with E-state index in [-0.39, 0.29) is 0 Å². The van der Waals surface area contributed by atoms with Gasteiger partial charge in [0.25, 0.3) is 0 Å². The zero-order valence-electron chi connectivity index (χ0n) is 12.1. The second-order valence-corrected chi connectivity index (χ2v) is 6.78. The van der Waals surface area contributed by atoms with Gasteiger partial charge in [0.15, 0.2) is 5.16 Å². The van der Waals surface area contributed by atoms with Crippen LogP contribution in [0.1, 0.15) is 54.7 Å². The van der Waals surface area contributed by atoms with Gasteiger partial charge in [-0.05, 0) is 44.4 Å². The number of nitriles is 1. The smallest absolute Gasteiger partial charge is 0.197 e. The first-order valence-electron chi connectivity index (χ1n) is 7.25. The molecule has 0 radical (unpaired) electrons. The largest absolute Gasteiger partial charge is 0.302 e. The van der Waals surface area contributed by atoms with Crippen molar-refractivity contribution in [3.63, 3.8) is 0 Å². The zero-order chi connectivity index (χ0) is 14.6. The second-order valence-electron chi connectivity index (χ2n) is 5.82. The fourth-order valence-corrected chi connectivity index (χ4v) is 3.69. The van der Waals surface area contributed by atoms with Crippen LogP contribution in [0.25, 0.3) is 0 Å².